The van der Waals surface area contributed by atoms with E-state index in [9.17, 15) is 22.8 Å². The third-order valence-corrected chi connectivity index (χ3v) is 6.73. The summed E-state index contributed by atoms with van der Waals surface area (Å²) >= 11 is 0. The van der Waals surface area contributed by atoms with E-state index < -0.39 is 17.6 Å². The van der Waals surface area contributed by atoms with Crippen LogP contribution in [0, 0.1) is 23.7 Å². The van der Waals surface area contributed by atoms with Crippen molar-refractivity contribution >= 4 is 17.5 Å². The van der Waals surface area contributed by atoms with Gasteiger partial charge in [0.2, 0.25) is 11.8 Å². The molecular formula is C25H33F3N2O2. The summed E-state index contributed by atoms with van der Waals surface area (Å²) < 4.78 is 38.4. The molecule has 0 radical (unpaired) electrons. The molecule has 2 amide bonds. The minimum absolute atomic E-state index is 0.0540. The largest absolute Gasteiger partial charge is 0.416 e. The second-order valence-electron chi connectivity index (χ2n) is 9.22. The molecule has 0 saturated heterocycles. The Morgan fingerprint density at radius 1 is 1.12 bits per heavy atom. The van der Waals surface area contributed by atoms with Crippen molar-refractivity contribution in [2.75, 3.05) is 11.9 Å². The van der Waals surface area contributed by atoms with Gasteiger partial charge in [0, 0.05) is 11.6 Å². The first-order valence-electron chi connectivity index (χ1n) is 11.6. The summed E-state index contributed by atoms with van der Waals surface area (Å²) in [5.74, 6) is 0.482. The zero-order valence-corrected chi connectivity index (χ0v) is 18.8. The maximum Gasteiger partial charge on any atom is 0.416 e. The Kier molecular flexibility index (Phi) is 8.01. The number of amides is 2. The van der Waals surface area contributed by atoms with Crippen LogP contribution >= 0.6 is 0 Å². The second-order valence-corrected chi connectivity index (χ2v) is 9.22. The Labute approximate surface area is 188 Å². The number of halogens is 3. The molecular weight excluding hydrogens is 417 g/mol. The van der Waals surface area contributed by atoms with Crippen LogP contribution in [0.25, 0.3) is 0 Å². The molecule has 1 aromatic carbocycles. The standard InChI is InChI=1S/C25H33F3N2O2/c1-3-20-21(13-16(2)12-17-8-5-4-6-9-17)23(20)24(32)29-15-22(31)30-19-11-7-10-18(14-19)25(26,27)28/h7,10-12,14,17,20-21,23H,3-6,8-9,13,15H2,1-2H3,(H,29,32)(H,30,31)/b16-12-/t20?,21-,23?/m0/s1. The van der Waals surface area contributed by atoms with Gasteiger partial charge in [0.15, 0.2) is 0 Å². The van der Waals surface area contributed by atoms with Crippen LogP contribution in [0.3, 0.4) is 0 Å². The van der Waals surface area contributed by atoms with Gasteiger partial charge in [0.05, 0.1) is 12.1 Å². The van der Waals surface area contributed by atoms with E-state index >= 15 is 0 Å². The summed E-state index contributed by atoms with van der Waals surface area (Å²) in [6.07, 6.45) is 6.16. The SMILES string of the molecule is CCC1C(C(=O)NCC(=O)Nc2cccc(C(F)(F)F)c2)[C@H]1C/C(C)=C\C1CCCCC1. The Balaban J connectivity index is 1.47. The maximum absolute atomic E-state index is 12.8. The number of anilines is 1. The molecule has 2 N–H and O–H groups in total. The number of nitrogens with one attached hydrogen (secondary N) is 2. The molecule has 0 aliphatic heterocycles. The van der Waals surface area contributed by atoms with E-state index in [0.717, 1.165) is 25.0 Å². The van der Waals surface area contributed by atoms with Gasteiger partial charge in [-0.3, -0.25) is 9.59 Å². The second kappa shape index (κ2) is 10.5. The molecule has 2 saturated carbocycles. The normalized spacial score (nSPS) is 24.2. The van der Waals surface area contributed by atoms with Gasteiger partial charge in [-0.2, -0.15) is 13.2 Å². The number of hydrogen-bond donors (Lipinski definition) is 2. The Hall–Kier alpha value is -2.31. The van der Waals surface area contributed by atoms with E-state index in [1.807, 2.05) is 0 Å². The molecule has 1 aromatic rings. The fourth-order valence-electron chi connectivity index (χ4n) is 5.08. The molecule has 0 bridgehead atoms. The summed E-state index contributed by atoms with van der Waals surface area (Å²) in [5, 5.41) is 5.09. The van der Waals surface area contributed by atoms with Crippen molar-refractivity contribution in [1.29, 1.82) is 0 Å². The molecule has 2 unspecified atom stereocenters. The topological polar surface area (TPSA) is 58.2 Å². The van der Waals surface area contributed by atoms with Crippen molar-refractivity contribution < 1.29 is 22.8 Å². The van der Waals surface area contributed by atoms with E-state index in [1.54, 1.807) is 0 Å². The predicted molar refractivity (Wildman–Crippen MR) is 119 cm³/mol. The van der Waals surface area contributed by atoms with Crippen LogP contribution in [0.4, 0.5) is 18.9 Å². The van der Waals surface area contributed by atoms with E-state index in [1.165, 1.54) is 49.8 Å². The van der Waals surface area contributed by atoms with Crippen LogP contribution in [0.1, 0.15) is 64.4 Å². The first-order valence-corrected chi connectivity index (χ1v) is 11.6. The highest BCUT2D eigenvalue weighted by molar-refractivity contribution is 5.95. The van der Waals surface area contributed by atoms with E-state index in [-0.39, 0.29) is 24.1 Å². The number of benzene rings is 1. The van der Waals surface area contributed by atoms with Gasteiger partial charge in [0.25, 0.3) is 0 Å². The highest BCUT2D eigenvalue weighted by atomic mass is 19.4. The molecule has 3 rings (SSSR count). The van der Waals surface area contributed by atoms with Crippen molar-refractivity contribution in [2.24, 2.45) is 23.7 Å². The number of carbonyl (C=O) groups is 2. The summed E-state index contributed by atoms with van der Waals surface area (Å²) in [7, 11) is 0. The fourth-order valence-corrected chi connectivity index (χ4v) is 5.08. The summed E-state index contributed by atoms with van der Waals surface area (Å²) in [4.78, 5) is 24.8. The lowest BCUT2D eigenvalue weighted by atomic mass is 9.87. The molecule has 3 atom stereocenters. The molecule has 0 spiro atoms. The molecule has 176 valence electrons. The predicted octanol–water partition coefficient (Wildman–Crippen LogP) is 5.95. The van der Waals surface area contributed by atoms with E-state index in [2.05, 4.69) is 30.6 Å². The highest BCUT2D eigenvalue weighted by Gasteiger charge is 2.52. The summed E-state index contributed by atoms with van der Waals surface area (Å²) in [6, 6.07) is 4.45. The number of hydrogen-bond acceptors (Lipinski definition) is 2. The Bertz CT molecular complexity index is 844. The molecule has 2 aliphatic carbocycles. The van der Waals surface area contributed by atoms with Crippen LogP contribution in [-0.2, 0) is 15.8 Å². The first kappa shape index (κ1) is 24.3. The Morgan fingerprint density at radius 3 is 2.50 bits per heavy atom. The van der Waals surface area contributed by atoms with Gasteiger partial charge in [-0.05, 0) is 62.1 Å². The molecule has 2 aliphatic rings. The number of carbonyl (C=O) groups excluding carboxylic acids is 2. The first-order chi connectivity index (χ1) is 15.2. The van der Waals surface area contributed by atoms with Crippen molar-refractivity contribution in [3.63, 3.8) is 0 Å². The molecule has 0 heterocycles. The monoisotopic (exact) mass is 450 g/mol. The minimum atomic E-state index is -4.48. The molecule has 7 heteroatoms. The molecule has 0 aromatic heterocycles. The zero-order chi connectivity index (χ0) is 23.3. The average molecular weight is 451 g/mol. The van der Waals surface area contributed by atoms with Gasteiger partial charge in [-0.1, -0.05) is 50.3 Å². The highest BCUT2D eigenvalue weighted by Crippen LogP contribution is 2.52. The van der Waals surface area contributed by atoms with Crippen LogP contribution in [0.15, 0.2) is 35.9 Å². The number of rotatable bonds is 8. The number of alkyl halides is 3. The van der Waals surface area contributed by atoms with Crippen LogP contribution in [0.2, 0.25) is 0 Å². The quantitative estimate of drug-likeness (QED) is 0.481. The van der Waals surface area contributed by atoms with Gasteiger partial charge in [-0.25, -0.2) is 0 Å². The lowest BCUT2D eigenvalue weighted by molar-refractivity contribution is -0.137. The minimum Gasteiger partial charge on any atom is -0.347 e. The van der Waals surface area contributed by atoms with Crippen molar-refractivity contribution in [1.82, 2.24) is 5.32 Å². The van der Waals surface area contributed by atoms with Crippen LogP contribution in [0.5, 0.6) is 0 Å². The van der Waals surface area contributed by atoms with Crippen LogP contribution in [-0.4, -0.2) is 18.4 Å². The third kappa shape index (κ3) is 6.59. The Morgan fingerprint density at radius 2 is 1.84 bits per heavy atom. The zero-order valence-electron chi connectivity index (χ0n) is 18.8. The van der Waals surface area contributed by atoms with Gasteiger partial charge in [0.1, 0.15) is 0 Å². The molecule has 2 fully saturated rings. The maximum atomic E-state index is 12.8. The third-order valence-electron chi connectivity index (χ3n) is 6.73. The summed E-state index contributed by atoms with van der Waals surface area (Å²) in [6.45, 7) is 3.97. The smallest absolute Gasteiger partial charge is 0.347 e. The van der Waals surface area contributed by atoms with Crippen LogP contribution < -0.4 is 10.6 Å². The van der Waals surface area contributed by atoms with Gasteiger partial charge in [-0.15, -0.1) is 0 Å². The van der Waals surface area contributed by atoms with E-state index in [4.69, 9.17) is 0 Å². The molecule has 32 heavy (non-hydrogen) atoms. The van der Waals surface area contributed by atoms with Crippen molar-refractivity contribution in [2.45, 2.75) is 65.0 Å². The lowest BCUT2D eigenvalue weighted by Crippen LogP contribution is -2.34. The van der Waals surface area contributed by atoms with Crippen molar-refractivity contribution in [3.8, 4) is 0 Å². The van der Waals surface area contributed by atoms with Gasteiger partial charge < -0.3 is 10.6 Å². The average Bonchev–Trinajstić information content (AvgIpc) is 3.44. The lowest BCUT2D eigenvalue weighted by Gasteiger charge is -2.19. The fraction of sp³-hybridized carbons (Fsp3) is 0.600. The summed E-state index contributed by atoms with van der Waals surface area (Å²) in [5.41, 5.74) is 0.568. The van der Waals surface area contributed by atoms with Gasteiger partial charge >= 0.3 is 6.18 Å². The molecule has 4 nitrogen and oxygen atoms in total. The van der Waals surface area contributed by atoms with E-state index in [0.29, 0.717) is 17.8 Å². The number of allylic oxidation sites excluding steroid dienone is 2. The van der Waals surface area contributed by atoms with Crippen molar-refractivity contribution in [3.05, 3.63) is 41.5 Å².